The molecular formula is C14H8Cl2F3NOS. The molecule has 0 bridgehead atoms. The molecule has 0 aliphatic heterocycles. The lowest BCUT2D eigenvalue weighted by Crippen LogP contribution is -2.14. The smallest absolute Gasteiger partial charge is 0.289 e. The maximum atomic E-state index is 13.6. The fraction of sp³-hybridized carbons (Fsp3) is 0.0714. The normalized spacial score (nSPS) is 10.8. The Bertz CT molecular complexity index is 712. The van der Waals surface area contributed by atoms with Gasteiger partial charge in [0, 0.05) is 5.02 Å². The number of halogens is 5. The molecule has 8 heteroatoms. The first-order chi connectivity index (χ1) is 10.4. The third kappa shape index (κ3) is 4.09. The third-order valence-electron chi connectivity index (χ3n) is 2.60. The summed E-state index contributed by atoms with van der Waals surface area (Å²) in [5.74, 6) is -4.29. The van der Waals surface area contributed by atoms with E-state index in [0.717, 1.165) is 12.1 Å². The second-order valence-corrected chi connectivity index (χ2v) is 5.92. The van der Waals surface area contributed by atoms with Crippen molar-refractivity contribution in [1.29, 1.82) is 0 Å². The van der Waals surface area contributed by atoms with Crippen molar-refractivity contribution in [2.24, 2.45) is 0 Å². The summed E-state index contributed by atoms with van der Waals surface area (Å²) in [5.41, 5.74) is -0.220. The van der Waals surface area contributed by atoms with Gasteiger partial charge >= 0.3 is 0 Å². The zero-order valence-electron chi connectivity index (χ0n) is 10.7. The third-order valence-corrected chi connectivity index (χ3v) is 4.11. The van der Waals surface area contributed by atoms with Crippen molar-refractivity contribution < 1.29 is 18.0 Å². The van der Waals surface area contributed by atoms with Gasteiger partial charge in [0.2, 0.25) is 0 Å². The van der Waals surface area contributed by atoms with Crippen LogP contribution in [0.2, 0.25) is 10.0 Å². The van der Waals surface area contributed by atoms with E-state index in [1.54, 1.807) is 0 Å². The number of amides is 1. The molecule has 0 heterocycles. The zero-order valence-corrected chi connectivity index (χ0v) is 13.1. The van der Waals surface area contributed by atoms with Crippen molar-refractivity contribution in [2.75, 3.05) is 5.32 Å². The van der Waals surface area contributed by atoms with Crippen molar-refractivity contribution in [3.63, 3.8) is 0 Å². The van der Waals surface area contributed by atoms with Gasteiger partial charge in [0.05, 0.1) is 21.2 Å². The average Bonchev–Trinajstić information content (AvgIpc) is 2.45. The Morgan fingerprint density at radius 1 is 1.18 bits per heavy atom. The highest BCUT2D eigenvalue weighted by molar-refractivity contribution is 7.99. The second kappa shape index (κ2) is 7.26. The molecule has 2 nitrogen and oxygen atoms in total. The highest BCUT2D eigenvalue weighted by Gasteiger charge is 2.18. The average molecular weight is 366 g/mol. The fourth-order valence-corrected chi connectivity index (χ4v) is 2.76. The highest BCUT2D eigenvalue weighted by Crippen LogP contribution is 2.37. The molecule has 0 unspecified atom stereocenters. The van der Waals surface area contributed by atoms with Gasteiger partial charge in [-0.15, -0.1) is 0 Å². The zero-order chi connectivity index (χ0) is 16.3. The predicted molar refractivity (Wildman–Crippen MR) is 82.7 cm³/mol. The molecule has 0 saturated carbocycles. The summed E-state index contributed by atoms with van der Waals surface area (Å²) in [6.07, 6.45) is 0. The SMILES string of the molecule is O=C(Nc1cccc(Cl)c1SC(F)F)c1cc(Cl)ccc1F. The van der Waals surface area contributed by atoms with E-state index in [4.69, 9.17) is 23.2 Å². The van der Waals surface area contributed by atoms with Crippen LogP contribution in [-0.2, 0) is 0 Å². The Kier molecular flexibility index (Phi) is 5.61. The maximum Gasteiger partial charge on any atom is 0.289 e. The molecule has 0 fully saturated rings. The fourth-order valence-electron chi connectivity index (χ4n) is 1.68. The molecular weight excluding hydrogens is 358 g/mol. The molecule has 2 rings (SSSR count). The number of nitrogens with one attached hydrogen (secondary N) is 1. The number of alkyl halides is 2. The van der Waals surface area contributed by atoms with Crippen LogP contribution in [0.1, 0.15) is 10.4 Å². The van der Waals surface area contributed by atoms with Crippen LogP contribution in [0.15, 0.2) is 41.3 Å². The standard InChI is InChI=1S/C14H8Cl2F3NOS/c15-7-4-5-10(17)8(6-7)13(21)20-11-3-1-2-9(16)12(11)22-14(18)19/h1-6,14H,(H,20,21). The number of anilines is 1. The van der Waals surface area contributed by atoms with Crippen LogP contribution in [0.4, 0.5) is 18.9 Å². The maximum absolute atomic E-state index is 13.6. The number of carbonyl (C=O) groups excluding carboxylic acids is 1. The molecule has 0 radical (unpaired) electrons. The predicted octanol–water partition coefficient (Wildman–Crippen LogP) is 5.70. The van der Waals surface area contributed by atoms with Crippen LogP contribution >= 0.6 is 35.0 Å². The molecule has 0 aliphatic carbocycles. The number of hydrogen-bond acceptors (Lipinski definition) is 2. The van der Waals surface area contributed by atoms with E-state index >= 15 is 0 Å². The molecule has 1 N–H and O–H groups in total. The van der Waals surface area contributed by atoms with Gasteiger partial charge in [0.15, 0.2) is 0 Å². The van der Waals surface area contributed by atoms with E-state index in [-0.39, 0.29) is 38.0 Å². The molecule has 0 aliphatic rings. The minimum atomic E-state index is -2.71. The molecule has 1 amide bonds. The molecule has 116 valence electrons. The van der Waals surface area contributed by atoms with Gasteiger partial charge in [-0.3, -0.25) is 4.79 Å². The largest absolute Gasteiger partial charge is 0.321 e. The number of rotatable bonds is 4. The van der Waals surface area contributed by atoms with Crippen LogP contribution in [-0.4, -0.2) is 11.7 Å². The van der Waals surface area contributed by atoms with Gasteiger partial charge in [-0.2, -0.15) is 8.78 Å². The van der Waals surface area contributed by atoms with E-state index in [9.17, 15) is 18.0 Å². The van der Waals surface area contributed by atoms with Gasteiger partial charge < -0.3 is 5.32 Å². The van der Waals surface area contributed by atoms with Gasteiger partial charge in [-0.05, 0) is 30.3 Å². The summed E-state index contributed by atoms with van der Waals surface area (Å²) in [7, 11) is 0. The number of thioether (sulfide) groups is 1. The van der Waals surface area contributed by atoms with E-state index < -0.39 is 17.5 Å². The lowest BCUT2D eigenvalue weighted by atomic mass is 10.2. The molecule has 0 spiro atoms. The first kappa shape index (κ1) is 17.0. The number of carbonyl (C=O) groups is 1. The van der Waals surface area contributed by atoms with Gasteiger partial charge in [-0.25, -0.2) is 4.39 Å². The van der Waals surface area contributed by atoms with E-state index in [2.05, 4.69) is 5.32 Å². The monoisotopic (exact) mass is 365 g/mol. The number of benzene rings is 2. The van der Waals surface area contributed by atoms with Crippen molar-refractivity contribution >= 4 is 46.6 Å². The first-order valence-corrected chi connectivity index (χ1v) is 7.51. The summed E-state index contributed by atoms with van der Waals surface area (Å²) >= 11 is 11.8. The van der Waals surface area contributed by atoms with E-state index in [1.807, 2.05) is 0 Å². The minimum absolute atomic E-state index is 0.00922. The van der Waals surface area contributed by atoms with Crippen LogP contribution < -0.4 is 5.32 Å². The summed E-state index contributed by atoms with van der Waals surface area (Å²) < 4.78 is 38.8. The Hall–Kier alpha value is -1.37. The Labute approximate surface area is 138 Å². The van der Waals surface area contributed by atoms with Gasteiger partial charge in [-0.1, -0.05) is 41.0 Å². The van der Waals surface area contributed by atoms with Crippen LogP contribution in [0, 0.1) is 5.82 Å². The van der Waals surface area contributed by atoms with Crippen LogP contribution in [0.5, 0.6) is 0 Å². The van der Waals surface area contributed by atoms with E-state index in [0.29, 0.717) is 0 Å². The minimum Gasteiger partial charge on any atom is -0.321 e. The second-order valence-electron chi connectivity index (χ2n) is 4.07. The van der Waals surface area contributed by atoms with Crippen LogP contribution in [0.3, 0.4) is 0 Å². The molecule has 22 heavy (non-hydrogen) atoms. The number of hydrogen-bond donors (Lipinski definition) is 1. The summed E-state index contributed by atoms with van der Waals surface area (Å²) in [4.78, 5) is 12.1. The highest BCUT2D eigenvalue weighted by atomic mass is 35.5. The molecule has 0 atom stereocenters. The Morgan fingerprint density at radius 2 is 1.91 bits per heavy atom. The molecule has 0 aromatic heterocycles. The van der Waals surface area contributed by atoms with Gasteiger partial charge in [0.1, 0.15) is 5.82 Å². The Morgan fingerprint density at radius 3 is 2.59 bits per heavy atom. The molecule has 0 saturated heterocycles. The lowest BCUT2D eigenvalue weighted by molar-refractivity contribution is 0.102. The molecule has 2 aromatic rings. The topological polar surface area (TPSA) is 29.1 Å². The van der Waals surface area contributed by atoms with E-state index in [1.165, 1.54) is 24.3 Å². The van der Waals surface area contributed by atoms with Crippen molar-refractivity contribution in [3.8, 4) is 0 Å². The molecule has 2 aromatic carbocycles. The Balaban J connectivity index is 2.32. The summed E-state index contributed by atoms with van der Waals surface area (Å²) in [6.45, 7) is 0. The lowest BCUT2D eigenvalue weighted by Gasteiger charge is -2.12. The van der Waals surface area contributed by atoms with Crippen molar-refractivity contribution in [1.82, 2.24) is 0 Å². The first-order valence-electron chi connectivity index (χ1n) is 5.88. The van der Waals surface area contributed by atoms with Gasteiger partial charge in [0.25, 0.3) is 11.7 Å². The quantitative estimate of drug-likeness (QED) is 0.704. The summed E-state index contributed by atoms with van der Waals surface area (Å²) in [6, 6.07) is 7.80. The van der Waals surface area contributed by atoms with Crippen LogP contribution in [0.25, 0.3) is 0 Å². The summed E-state index contributed by atoms with van der Waals surface area (Å²) in [5, 5.41) is 2.61. The van der Waals surface area contributed by atoms with Crippen molar-refractivity contribution in [3.05, 3.63) is 57.8 Å². The van der Waals surface area contributed by atoms with Crippen molar-refractivity contribution in [2.45, 2.75) is 10.7 Å².